The molecule has 2 heteroatoms. The predicted molar refractivity (Wildman–Crippen MR) is 50.4 cm³/mol. The molecule has 1 aromatic rings. The van der Waals surface area contributed by atoms with E-state index in [4.69, 9.17) is 0 Å². The Morgan fingerprint density at radius 1 is 1.33 bits per heavy atom. The third-order valence-electron chi connectivity index (χ3n) is 1.86. The van der Waals surface area contributed by atoms with Gasteiger partial charge in [0.15, 0.2) is 0 Å². The van der Waals surface area contributed by atoms with Crippen molar-refractivity contribution < 1.29 is 0 Å². The summed E-state index contributed by atoms with van der Waals surface area (Å²) in [6.07, 6.45) is 1.83. The monoisotopic (exact) mass is 165 g/mol. The van der Waals surface area contributed by atoms with Gasteiger partial charge in [-0.25, -0.2) is 0 Å². The molecule has 66 valence electrons. The fourth-order valence-electron chi connectivity index (χ4n) is 1.13. The maximum absolute atomic E-state index is 11.6. The van der Waals surface area contributed by atoms with Crippen molar-refractivity contribution in [2.45, 2.75) is 33.2 Å². The topological polar surface area (TPSA) is 22.0 Å². The number of aromatic nitrogens is 1. The van der Waals surface area contributed by atoms with Crippen molar-refractivity contribution in [1.29, 1.82) is 0 Å². The van der Waals surface area contributed by atoms with Gasteiger partial charge in [0.1, 0.15) is 0 Å². The zero-order valence-electron chi connectivity index (χ0n) is 8.09. The van der Waals surface area contributed by atoms with Gasteiger partial charge in [0, 0.05) is 17.3 Å². The van der Waals surface area contributed by atoms with E-state index in [1.807, 2.05) is 46.0 Å². The number of hydrogen-bond donors (Lipinski definition) is 0. The van der Waals surface area contributed by atoms with E-state index < -0.39 is 0 Å². The summed E-state index contributed by atoms with van der Waals surface area (Å²) >= 11 is 0. The van der Waals surface area contributed by atoms with Gasteiger partial charge in [-0.15, -0.1) is 0 Å². The van der Waals surface area contributed by atoms with Crippen molar-refractivity contribution in [1.82, 2.24) is 4.57 Å². The molecule has 0 radical (unpaired) electrons. The molecule has 2 nitrogen and oxygen atoms in total. The first kappa shape index (κ1) is 9.04. The molecule has 0 unspecified atom stereocenters. The predicted octanol–water partition coefficient (Wildman–Crippen LogP) is 1.91. The molecule has 0 fully saturated rings. The second kappa shape index (κ2) is 2.77. The van der Waals surface area contributed by atoms with Gasteiger partial charge in [-0.05, 0) is 33.8 Å². The number of hydrogen-bond acceptors (Lipinski definition) is 1. The number of aryl methyl sites for hydroxylation is 1. The smallest absolute Gasteiger partial charge is 0.253 e. The summed E-state index contributed by atoms with van der Waals surface area (Å²) in [4.78, 5) is 11.6. The molecule has 0 bridgehead atoms. The van der Waals surface area contributed by atoms with Crippen LogP contribution in [-0.2, 0) is 5.54 Å². The van der Waals surface area contributed by atoms with Gasteiger partial charge in [-0.3, -0.25) is 4.79 Å². The molecule has 0 aliphatic rings. The summed E-state index contributed by atoms with van der Waals surface area (Å²) in [5, 5.41) is 0. The molecule has 0 aliphatic heterocycles. The lowest BCUT2D eigenvalue weighted by molar-refractivity contribution is 0.383. The average Bonchev–Trinajstić information content (AvgIpc) is 1.92. The summed E-state index contributed by atoms with van der Waals surface area (Å²) in [7, 11) is 0. The van der Waals surface area contributed by atoms with E-state index in [-0.39, 0.29) is 11.1 Å². The fourth-order valence-corrected chi connectivity index (χ4v) is 1.13. The molecular weight excluding hydrogens is 150 g/mol. The van der Waals surface area contributed by atoms with E-state index >= 15 is 0 Å². The molecule has 12 heavy (non-hydrogen) atoms. The van der Waals surface area contributed by atoms with Crippen molar-refractivity contribution in [3.63, 3.8) is 0 Å². The number of pyridine rings is 1. The summed E-state index contributed by atoms with van der Waals surface area (Å²) in [6, 6.07) is 3.74. The van der Waals surface area contributed by atoms with Crippen LogP contribution in [0.1, 0.15) is 26.3 Å². The van der Waals surface area contributed by atoms with Crippen molar-refractivity contribution in [2.24, 2.45) is 0 Å². The second-order valence-corrected chi connectivity index (χ2v) is 4.04. The quantitative estimate of drug-likeness (QED) is 0.575. The summed E-state index contributed by atoms with van der Waals surface area (Å²) in [5.41, 5.74) is 0.778. The van der Waals surface area contributed by atoms with Crippen LogP contribution in [0.3, 0.4) is 0 Å². The van der Waals surface area contributed by atoms with Crippen LogP contribution in [0.25, 0.3) is 0 Å². The van der Waals surface area contributed by atoms with Crippen LogP contribution in [0, 0.1) is 6.92 Å². The summed E-state index contributed by atoms with van der Waals surface area (Å²) < 4.78 is 1.75. The molecule has 0 atom stereocenters. The van der Waals surface area contributed by atoms with Crippen LogP contribution < -0.4 is 5.56 Å². The normalized spacial score (nSPS) is 11.7. The van der Waals surface area contributed by atoms with Crippen LogP contribution in [0.2, 0.25) is 0 Å². The Kier molecular flexibility index (Phi) is 2.09. The lowest BCUT2D eigenvalue weighted by Crippen LogP contribution is -2.34. The minimum atomic E-state index is -0.122. The van der Waals surface area contributed by atoms with Crippen molar-refractivity contribution in [3.8, 4) is 0 Å². The molecule has 0 amide bonds. The first-order valence-electron chi connectivity index (χ1n) is 4.11. The minimum absolute atomic E-state index is 0.102. The molecule has 0 spiro atoms. The molecule has 1 rings (SSSR count). The third-order valence-corrected chi connectivity index (χ3v) is 1.86. The second-order valence-electron chi connectivity index (χ2n) is 4.04. The van der Waals surface area contributed by atoms with Gasteiger partial charge in [0.2, 0.25) is 0 Å². The number of nitrogens with zero attached hydrogens (tertiary/aromatic N) is 1. The third kappa shape index (κ3) is 1.58. The van der Waals surface area contributed by atoms with Gasteiger partial charge < -0.3 is 4.57 Å². The van der Waals surface area contributed by atoms with Gasteiger partial charge in [-0.1, -0.05) is 6.07 Å². The minimum Gasteiger partial charge on any atom is -0.310 e. The SMILES string of the molecule is Cc1cccn(C(C)(C)C)c1=O. The summed E-state index contributed by atoms with van der Waals surface area (Å²) in [5.74, 6) is 0. The maximum atomic E-state index is 11.6. The van der Waals surface area contributed by atoms with E-state index in [9.17, 15) is 4.79 Å². The van der Waals surface area contributed by atoms with E-state index in [0.29, 0.717) is 0 Å². The van der Waals surface area contributed by atoms with Crippen LogP contribution >= 0.6 is 0 Å². The highest BCUT2D eigenvalue weighted by atomic mass is 16.1. The van der Waals surface area contributed by atoms with E-state index in [1.165, 1.54) is 0 Å². The van der Waals surface area contributed by atoms with Crippen molar-refractivity contribution >= 4 is 0 Å². The zero-order valence-corrected chi connectivity index (χ0v) is 8.09. The average molecular weight is 165 g/mol. The largest absolute Gasteiger partial charge is 0.310 e. The van der Waals surface area contributed by atoms with Crippen LogP contribution in [0.4, 0.5) is 0 Å². The lowest BCUT2D eigenvalue weighted by Gasteiger charge is -2.22. The Morgan fingerprint density at radius 3 is 2.33 bits per heavy atom. The highest BCUT2D eigenvalue weighted by Gasteiger charge is 2.13. The zero-order chi connectivity index (χ0) is 9.35. The molecule has 1 heterocycles. The lowest BCUT2D eigenvalue weighted by atomic mass is 10.1. The summed E-state index contributed by atoms with van der Waals surface area (Å²) in [6.45, 7) is 7.90. The van der Waals surface area contributed by atoms with Crippen molar-refractivity contribution in [2.75, 3.05) is 0 Å². The Morgan fingerprint density at radius 2 is 1.92 bits per heavy atom. The first-order chi connectivity index (χ1) is 5.43. The van der Waals surface area contributed by atoms with Gasteiger partial charge >= 0.3 is 0 Å². The molecule has 0 aromatic carbocycles. The van der Waals surface area contributed by atoms with E-state index in [2.05, 4.69) is 0 Å². The molecule has 0 aliphatic carbocycles. The maximum Gasteiger partial charge on any atom is 0.253 e. The fraction of sp³-hybridized carbons (Fsp3) is 0.500. The molecular formula is C10H15NO. The Labute approximate surface area is 72.8 Å². The van der Waals surface area contributed by atoms with Crippen LogP contribution in [0.15, 0.2) is 23.1 Å². The molecule has 1 aromatic heterocycles. The number of rotatable bonds is 0. The Bertz CT molecular complexity index is 330. The standard InChI is InChI=1S/C10H15NO/c1-8-6-5-7-11(9(8)12)10(2,3)4/h5-7H,1-4H3. The van der Waals surface area contributed by atoms with Gasteiger partial charge in [0.05, 0.1) is 0 Å². The van der Waals surface area contributed by atoms with Crippen LogP contribution in [0.5, 0.6) is 0 Å². The highest BCUT2D eigenvalue weighted by molar-refractivity contribution is 5.09. The Hall–Kier alpha value is -1.05. The molecule has 0 N–H and O–H groups in total. The first-order valence-corrected chi connectivity index (χ1v) is 4.11. The molecule has 0 saturated heterocycles. The Balaban J connectivity index is 3.37. The highest BCUT2D eigenvalue weighted by Crippen LogP contribution is 2.09. The van der Waals surface area contributed by atoms with Crippen LogP contribution in [-0.4, -0.2) is 4.57 Å². The van der Waals surface area contributed by atoms with E-state index in [0.717, 1.165) is 5.56 Å². The van der Waals surface area contributed by atoms with Gasteiger partial charge in [-0.2, -0.15) is 0 Å². The van der Waals surface area contributed by atoms with Crippen molar-refractivity contribution in [3.05, 3.63) is 34.2 Å². The van der Waals surface area contributed by atoms with E-state index in [1.54, 1.807) is 4.57 Å². The van der Waals surface area contributed by atoms with Gasteiger partial charge in [0.25, 0.3) is 5.56 Å². The molecule has 0 saturated carbocycles.